The van der Waals surface area contributed by atoms with Gasteiger partial charge in [-0.25, -0.2) is 0 Å². The third-order valence-corrected chi connectivity index (χ3v) is 5.87. The zero-order valence-electron chi connectivity index (χ0n) is 12.4. The van der Waals surface area contributed by atoms with Crippen molar-refractivity contribution in [2.45, 2.75) is 45.2 Å². The minimum absolute atomic E-state index is 0.336. The molecule has 0 bridgehead atoms. The third-order valence-electron chi connectivity index (χ3n) is 4.90. The van der Waals surface area contributed by atoms with Gasteiger partial charge in [-0.3, -0.25) is 4.99 Å². The molecule has 1 saturated carbocycles. The number of rotatable bonds is 3. The van der Waals surface area contributed by atoms with Crippen molar-refractivity contribution in [1.29, 1.82) is 0 Å². The van der Waals surface area contributed by atoms with E-state index < -0.39 is 0 Å². The van der Waals surface area contributed by atoms with Crippen LogP contribution in [0.1, 0.15) is 44.7 Å². The van der Waals surface area contributed by atoms with Crippen LogP contribution >= 0.6 is 11.8 Å². The zero-order chi connectivity index (χ0) is 13.9. The number of hydrogen-bond donors (Lipinski definition) is 1. The average molecular weight is 288 g/mol. The fourth-order valence-electron chi connectivity index (χ4n) is 3.48. The maximum absolute atomic E-state index is 4.88. The van der Waals surface area contributed by atoms with Crippen LogP contribution in [0.4, 0.5) is 0 Å². The maximum Gasteiger partial charge on any atom is 0.157 e. The molecule has 3 heteroatoms. The molecule has 1 N–H and O–H groups in total. The van der Waals surface area contributed by atoms with Gasteiger partial charge in [0.15, 0.2) is 5.17 Å². The average Bonchev–Trinajstić information content (AvgIpc) is 3.08. The van der Waals surface area contributed by atoms with Crippen molar-refractivity contribution in [2.75, 3.05) is 5.75 Å². The lowest BCUT2D eigenvalue weighted by Crippen LogP contribution is -2.35. The first-order valence-corrected chi connectivity index (χ1v) is 8.78. The molecule has 3 rings (SSSR count). The van der Waals surface area contributed by atoms with Crippen LogP contribution in [0.15, 0.2) is 35.3 Å². The molecule has 2 aliphatic rings. The van der Waals surface area contributed by atoms with Crippen LogP contribution in [0.5, 0.6) is 0 Å². The first-order chi connectivity index (χ1) is 9.78. The van der Waals surface area contributed by atoms with E-state index in [0.29, 0.717) is 12.1 Å². The minimum Gasteiger partial charge on any atom is -0.362 e. The van der Waals surface area contributed by atoms with Crippen LogP contribution < -0.4 is 5.32 Å². The Morgan fingerprint density at radius 1 is 1.25 bits per heavy atom. The molecular formula is C17H24N2S. The van der Waals surface area contributed by atoms with Gasteiger partial charge >= 0.3 is 0 Å². The molecule has 2 nitrogen and oxygen atoms in total. The molecule has 4 atom stereocenters. The second-order valence-corrected chi connectivity index (χ2v) is 7.04. The van der Waals surface area contributed by atoms with Gasteiger partial charge in [0.2, 0.25) is 0 Å². The summed E-state index contributed by atoms with van der Waals surface area (Å²) in [7, 11) is 0. The lowest BCUT2D eigenvalue weighted by molar-refractivity contribution is 0.369. The Kier molecular flexibility index (Phi) is 4.35. The van der Waals surface area contributed by atoms with Gasteiger partial charge in [0.25, 0.3) is 0 Å². The van der Waals surface area contributed by atoms with E-state index in [1.165, 1.54) is 24.8 Å². The highest BCUT2D eigenvalue weighted by Crippen LogP contribution is 2.35. The van der Waals surface area contributed by atoms with E-state index in [0.717, 1.165) is 22.8 Å². The van der Waals surface area contributed by atoms with Crippen LogP contribution in [0, 0.1) is 11.8 Å². The number of aliphatic imine (C=N–C) groups is 1. The number of amidine groups is 1. The highest BCUT2D eigenvalue weighted by Gasteiger charge is 2.33. The first-order valence-electron chi connectivity index (χ1n) is 7.80. The molecule has 0 spiro atoms. The Bertz CT molecular complexity index is 471. The maximum atomic E-state index is 4.88. The van der Waals surface area contributed by atoms with E-state index in [4.69, 9.17) is 4.99 Å². The molecule has 1 aliphatic heterocycles. The smallest absolute Gasteiger partial charge is 0.157 e. The highest BCUT2D eigenvalue weighted by molar-refractivity contribution is 8.14. The van der Waals surface area contributed by atoms with Crippen LogP contribution in [0.25, 0.3) is 0 Å². The fraction of sp³-hybridized carbons (Fsp3) is 0.588. The van der Waals surface area contributed by atoms with Gasteiger partial charge in [-0.15, -0.1) is 0 Å². The number of hydrogen-bond acceptors (Lipinski definition) is 3. The lowest BCUT2D eigenvalue weighted by Gasteiger charge is -2.21. The van der Waals surface area contributed by atoms with E-state index >= 15 is 0 Å². The molecule has 1 heterocycles. The van der Waals surface area contributed by atoms with Crippen molar-refractivity contribution < 1.29 is 0 Å². The van der Waals surface area contributed by atoms with E-state index in [1.54, 1.807) is 0 Å². The van der Waals surface area contributed by atoms with E-state index in [9.17, 15) is 0 Å². The first kappa shape index (κ1) is 14.0. The molecule has 1 aromatic rings. The summed E-state index contributed by atoms with van der Waals surface area (Å²) < 4.78 is 0. The summed E-state index contributed by atoms with van der Waals surface area (Å²) in [5.74, 6) is 2.74. The highest BCUT2D eigenvalue weighted by atomic mass is 32.2. The van der Waals surface area contributed by atoms with Gasteiger partial charge < -0.3 is 5.32 Å². The lowest BCUT2D eigenvalue weighted by atomic mass is 9.94. The summed E-state index contributed by atoms with van der Waals surface area (Å²) in [6.07, 6.45) is 3.98. The standard InChI is InChI=1S/C17H24N2S/c1-3-13-9-10-15(12(13)2)18-17-19-16(11-20-17)14-7-5-4-6-8-14/h4-8,12-13,15-16H,3,9-11H2,1-2H3,(H,18,19). The molecule has 1 aromatic carbocycles. The molecular weight excluding hydrogens is 264 g/mol. The summed E-state index contributed by atoms with van der Waals surface area (Å²) in [6.45, 7) is 4.71. The number of thioether (sulfide) groups is 1. The molecule has 1 fully saturated rings. The Morgan fingerprint density at radius 2 is 2.05 bits per heavy atom. The topological polar surface area (TPSA) is 24.4 Å². The Balaban J connectivity index is 1.62. The molecule has 0 amide bonds. The normalized spacial score (nSPS) is 33.2. The predicted molar refractivity (Wildman–Crippen MR) is 88.2 cm³/mol. The van der Waals surface area contributed by atoms with Crippen molar-refractivity contribution in [3.8, 4) is 0 Å². The Hall–Kier alpha value is -0.960. The van der Waals surface area contributed by atoms with Gasteiger partial charge in [0, 0.05) is 11.8 Å². The van der Waals surface area contributed by atoms with Crippen LogP contribution in [-0.2, 0) is 0 Å². The minimum atomic E-state index is 0.336. The molecule has 108 valence electrons. The second-order valence-electron chi connectivity index (χ2n) is 6.03. The van der Waals surface area contributed by atoms with E-state index in [-0.39, 0.29) is 0 Å². The zero-order valence-corrected chi connectivity index (χ0v) is 13.2. The second kappa shape index (κ2) is 6.21. The van der Waals surface area contributed by atoms with Gasteiger partial charge in [-0.2, -0.15) is 0 Å². The van der Waals surface area contributed by atoms with E-state index in [1.807, 2.05) is 11.8 Å². The monoisotopic (exact) mass is 288 g/mol. The van der Waals surface area contributed by atoms with Gasteiger partial charge in [0.05, 0.1) is 6.04 Å². The summed E-state index contributed by atoms with van der Waals surface area (Å²) >= 11 is 1.88. The third kappa shape index (κ3) is 2.88. The quantitative estimate of drug-likeness (QED) is 0.899. The van der Waals surface area contributed by atoms with Crippen molar-refractivity contribution in [3.63, 3.8) is 0 Å². The van der Waals surface area contributed by atoms with Gasteiger partial charge in [-0.1, -0.05) is 62.4 Å². The summed E-state index contributed by atoms with van der Waals surface area (Å²) in [5.41, 5.74) is 1.34. The number of nitrogens with zero attached hydrogens (tertiary/aromatic N) is 1. The largest absolute Gasteiger partial charge is 0.362 e. The molecule has 1 aliphatic carbocycles. The number of nitrogens with one attached hydrogen (secondary N) is 1. The SMILES string of the molecule is CCC1CCC(NC2=NC(c3ccccc3)CS2)C1C. The Labute approximate surface area is 126 Å². The summed E-state index contributed by atoms with van der Waals surface area (Å²) in [4.78, 5) is 4.88. The molecule has 0 aromatic heterocycles. The summed E-state index contributed by atoms with van der Waals surface area (Å²) in [5, 5.41) is 4.86. The van der Waals surface area contributed by atoms with Crippen LogP contribution in [0.3, 0.4) is 0 Å². The molecule has 0 radical (unpaired) electrons. The van der Waals surface area contributed by atoms with Crippen LogP contribution in [0.2, 0.25) is 0 Å². The molecule has 20 heavy (non-hydrogen) atoms. The molecule has 0 saturated heterocycles. The Morgan fingerprint density at radius 3 is 2.75 bits per heavy atom. The van der Waals surface area contributed by atoms with Crippen molar-refractivity contribution in [1.82, 2.24) is 5.32 Å². The van der Waals surface area contributed by atoms with Crippen molar-refractivity contribution in [3.05, 3.63) is 35.9 Å². The van der Waals surface area contributed by atoms with Gasteiger partial charge in [-0.05, 0) is 30.2 Å². The van der Waals surface area contributed by atoms with Gasteiger partial charge in [0.1, 0.15) is 0 Å². The van der Waals surface area contributed by atoms with Crippen LogP contribution in [-0.4, -0.2) is 17.0 Å². The summed E-state index contributed by atoms with van der Waals surface area (Å²) in [6, 6.07) is 11.6. The van der Waals surface area contributed by atoms with E-state index in [2.05, 4.69) is 49.5 Å². The number of benzene rings is 1. The van der Waals surface area contributed by atoms with Crippen molar-refractivity contribution >= 4 is 16.9 Å². The van der Waals surface area contributed by atoms with Crippen molar-refractivity contribution in [2.24, 2.45) is 16.8 Å². The fourth-order valence-corrected chi connectivity index (χ4v) is 4.50. The predicted octanol–water partition coefficient (Wildman–Crippen LogP) is 4.24. The molecule has 4 unspecified atom stereocenters.